The van der Waals surface area contributed by atoms with Gasteiger partial charge in [0.05, 0.1) is 0 Å². The molecule has 0 atom stereocenters. The zero-order valence-electron chi connectivity index (χ0n) is 11.3. The van der Waals surface area contributed by atoms with Crippen molar-refractivity contribution >= 4 is 15.8 Å². The summed E-state index contributed by atoms with van der Waals surface area (Å²) >= 11 is 0. The van der Waals surface area contributed by atoms with Crippen LogP contribution >= 0.6 is 0 Å². The highest BCUT2D eigenvalue weighted by Crippen LogP contribution is 2.22. The molecule has 0 aliphatic carbocycles. The summed E-state index contributed by atoms with van der Waals surface area (Å²) in [4.78, 5) is 6.47. The number of nitrogens with one attached hydrogen (secondary N) is 1. The molecule has 0 bridgehead atoms. The molecule has 0 saturated carbocycles. The molecule has 2 rings (SSSR count). The van der Waals surface area contributed by atoms with Crippen LogP contribution in [0.5, 0.6) is 0 Å². The molecule has 0 unspecified atom stereocenters. The normalized spacial score (nSPS) is 19.1. The predicted molar refractivity (Wildman–Crippen MR) is 74.7 cm³/mol. The average Bonchev–Trinajstić information content (AvgIpc) is 2.64. The summed E-state index contributed by atoms with van der Waals surface area (Å²) < 4.78 is 26.9. The average molecular weight is 284 g/mol. The minimum absolute atomic E-state index is 0.252. The molecule has 0 amide bonds. The van der Waals surface area contributed by atoms with Gasteiger partial charge in [0.15, 0.2) is 0 Å². The van der Waals surface area contributed by atoms with Crippen LogP contribution in [0, 0.1) is 0 Å². The Labute approximate surface area is 114 Å². The van der Waals surface area contributed by atoms with Crippen LogP contribution in [-0.2, 0) is 10.0 Å². The summed E-state index contributed by atoms with van der Waals surface area (Å²) in [5, 5.41) is 2.84. The minimum atomic E-state index is -3.47. The van der Waals surface area contributed by atoms with Crippen LogP contribution in [-0.4, -0.2) is 62.9 Å². The van der Waals surface area contributed by atoms with Crippen molar-refractivity contribution in [2.75, 3.05) is 45.6 Å². The fourth-order valence-electron chi connectivity index (χ4n) is 2.19. The first-order valence-electron chi connectivity index (χ1n) is 6.37. The van der Waals surface area contributed by atoms with E-state index in [1.54, 1.807) is 29.7 Å². The lowest BCUT2D eigenvalue weighted by Gasteiger charge is -2.21. The van der Waals surface area contributed by atoms with E-state index < -0.39 is 10.0 Å². The van der Waals surface area contributed by atoms with Crippen molar-refractivity contribution in [3.63, 3.8) is 0 Å². The first-order valence-corrected chi connectivity index (χ1v) is 7.81. The maximum atomic E-state index is 12.7. The molecular formula is C12H20N4O2S. The number of hydrogen-bond donors (Lipinski definition) is 1. The molecule has 1 N–H and O–H groups in total. The van der Waals surface area contributed by atoms with E-state index in [1.807, 2.05) is 7.05 Å². The molecule has 106 valence electrons. The highest BCUT2D eigenvalue weighted by atomic mass is 32.2. The molecule has 0 aromatic carbocycles. The zero-order valence-corrected chi connectivity index (χ0v) is 12.2. The van der Waals surface area contributed by atoms with Crippen LogP contribution in [0.15, 0.2) is 23.2 Å². The van der Waals surface area contributed by atoms with Crippen molar-refractivity contribution in [2.45, 2.75) is 11.3 Å². The van der Waals surface area contributed by atoms with Gasteiger partial charge >= 0.3 is 0 Å². The Morgan fingerprint density at radius 2 is 2.05 bits per heavy atom. The van der Waals surface area contributed by atoms with Crippen molar-refractivity contribution in [2.24, 2.45) is 0 Å². The van der Waals surface area contributed by atoms with Gasteiger partial charge in [-0.25, -0.2) is 13.4 Å². The van der Waals surface area contributed by atoms with Crippen LogP contribution in [0.25, 0.3) is 0 Å². The van der Waals surface area contributed by atoms with Crippen LogP contribution in [0.4, 0.5) is 5.82 Å². The van der Waals surface area contributed by atoms with Gasteiger partial charge in [-0.1, -0.05) is 0 Å². The fraction of sp³-hybridized carbons (Fsp3) is 0.583. The van der Waals surface area contributed by atoms with Gasteiger partial charge in [-0.3, -0.25) is 0 Å². The quantitative estimate of drug-likeness (QED) is 0.873. The van der Waals surface area contributed by atoms with E-state index in [-0.39, 0.29) is 4.90 Å². The molecule has 1 aromatic heterocycles. The molecule has 0 spiro atoms. The lowest BCUT2D eigenvalue weighted by atomic mass is 10.4. The van der Waals surface area contributed by atoms with Gasteiger partial charge in [0.1, 0.15) is 10.7 Å². The van der Waals surface area contributed by atoms with E-state index in [9.17, 15) is 8.42 Å². The molecule has 1 aliphatic rings. The molecule has 7 heteroatoms. The SMILES string of the molecule is CNc1ncccc1S(=O)(=O)N1CCCN(C)CC1. The number of pyridine rings is 1. The number of anilines is 1. The number of rotatable bonds is 3. The third-order valence-corrected chi connectivity index (χ3v) is 5.23. The molecule has 1 aromatic rings. The lowest BCUT2D eigenvalue weighted by Crippen LogP contribution is -2.34. The van der Waals surface area contributed by atoms with Gasteiger partial charge in [-0.2, -0.15) is 4.31 Å². The lowest BCUT2D eigenvalue weighted by molar-refractivity contribution is 0.347. The minimum Gasteiger partial charge on any atom is -0.372 e. The van der Waals surface area contributed by atoms with Crippen LogP contribution in [0.3, 0.4) is 0 Å². The third kappa shape index (κ3) is 3.05. The number of nitrogens with zero attached hydrogens (tertiary/aromatic N) is 3. The standard InChI is InChI=1S/C12H20N4O2S/c1-13-12-11(5-3-6-14-12)19(17,18)16-8-4-7-15(2)9-10-16/h3,5-6H,4,7-10H2,1-2H3,(H,13,14). The highest BCUT2D eigenvalue weighted by Gasteiger charge is 2.28. The molecule has 0 radical (unpaired) electrons. The van der Waals surface area contributed by atoms with Crippen LogP contribution in [0.2, 0.25) is 0 Å². The Morgan fingerprint density at radius 1 is 1.26 bits per heavy atom. The summed E-state index contributed by atoms with van der Waals surface area (Å²) in [7, 11) is 0.221. The number of likely N-dealkylation sites (N-methyl/N-ethyl adjacent to an activating group) is 1. The Hall–Kier alpha value is -1.18. The Balaban J connectivity index is 2.31. The molecular weight excluding hydrogens is 264 g/mol. The molecule has 2 heterocycles. The second kappa shape index (κ2) is 5.85. The maximum Gasteiger partial charge on any atom is 0.246 e. The summed E-state index contributed by atoms with van der Waals surface area (Å²) in [5.74, 6) is 0.403. The summed E-state index contributed by atoms with van der Waals surface area (Å²) in [5.41, 5.74) is 0. The van der Waals surface area contributed by atoms with Gasteiger partial charge in [-0.05, 0) is 32.1 Å². The highest BCUT2D eigenvalue weighted by molar-refractivity contribution is 7.89. The summed E-state index contributed by atoms with van der Waals surface area (Å²) in [6, 6.07) is 3.25. The maximum absolute atomic E-state index is 12.7. The Bertz CT molecular complexity index is 532. The third-order valence-electron chi connectivity index (χ3n) is 3.30. The van der Waals surface area contributed by atoms with Crippen molar-refractivity contribution < 1.29 is 8.42 Å². The van der Waals surface area contributed by atoms with Crippen molar-refractivity contribution in [3.8, 4) is 0 Å². The van der Waals surface area contributed by atoms with Gasteiger partial charge in [0.2, 0.25) is 10.0 Å². The Kier molecular flexibility index (Phi) is 4.38. The first kappa shape index (κ1) is 14.2. The van der Waals surface area contributed by atoms with E-state index >= 15 is 0 Å². The summed E-state index contributed by atoms with van der Waals surface area (Å²) in [6.07, 6.45) is 2.44. The predicted octanol–water partition coefficient (Wildman–Crippen LogP) is 0.450. The smallest absolute Gasteiger partial charge is 0.246 e. The van der Waals surface area contributed by atoms with Crippen LogP contribution < -0.4 is 5.32 Å². The van der Waals surface area contributed by atoms with E-state index in [4.69, 9.17) is 0 Å². The van der Waals surface area contributed by atoms with Crippen LogP contribution in [0.1, 0.15) is 6.42 Å². The second-order valence-corrected chi connectivity index (χ2v) is 6.57. The summed E-state index contributed by atoms with van der Waals surface area (Å²) in [6.45, 7) is 2.77. The molecule has 19 heavy (non-hydrogen) atoms. The van der Waals surface area contributed by atoms with Crippen molar-refractivity contribution in [3.05, 3.63) is 18.3 Å². The van der Waals surface area contributed by atoms with Gasteiger partial charge in [0.25, 0.3) is 0 Å². The van der Waals surface area contributed by atoms with Crippen molar-refractivity contribution in [1.82, 2.24) is 14.2 Å². The second-order valence-electron chi connectivity index (χ2n) is 4.66. The number of sulfonamides is 1. The molecule has 1 aliphatic heterocycles. The topological polar surface area (TPSA) is 65.5 Å². The van der Waals surface area contributed by atoms with Crippen molar-refractivity contribution in [1.29, 1.82) is 0 Å². The fourth-order valence-corrected chi connectivity index (χ4v) is 3.81. The van der Waals surface area contributed by atoms with E-state index in [1.165, 1.54) is 0 Å². The number of hydrogen-bond acceptors (Lipinski definition) is 5. The van der Waals surface area contributed by atoms with E-state index in [0.29, 0.717) is 18.9 Å². The first-order chi connectivity index (χ1) is 9.05. The molecule has 1 fully saturated rings. The molecule has 6 nitrogen and oxygen atoms in total. The van der Waals surface area contributed by atoms with Gasteiger partial charge in [-0.15, -0.1) is 0 Å². The van der Waals surface area contributed by atoms with Gasteiger partial charge in [0, 0.05) is 32.9 Å². The largest absolute Gasteiger partial charge is 0.372 e. The zero-order chi connectivity index (χ0) is 13.9. The van der Waals surface area contributed by atoms with E-state index in [0.717, 1.165) is 19.5 Å². The molecule has 1 saturated heterocycles. The van der Waals surface area contributed by atoms with Gasteiger partial charge < -0.3 is 10.2 Å². The monoisotopic (exact) mass is 284 g/mol. The number of aromatic nitrogens is 1. The van der Waals surface area contributed by atoms with E-state index in [2.05, 4.69) is 15.2 Å². The Morgan fingerprint density at radius 3 is 2.79 bits per heavy atom.